The Morgan fingerprint density at radius 3 is 2.75 bits per heavy atom. The summed E-state index contributed by atoms with van der Waals surface area (Å²) in [6, 6.07) is 10.4. The molecule has 1 aromatic carbocycles. The van der Waals surface area contributed by atoms with E-state index in [1.54, 1.807) is 17.3 Å². The summed E-state index contributed by atoms with van der Waals surface area (Å²) in [7, 11) is 0. The Labute approximate surface area is 186 Å². The third-order valence-corrected chi connectivity index (χ3v) is 5.56. The maximum atomic E-state index is 13.7. The molecule has 1 aliphatic rings. The Balaban J connectivity index is 1.48. The molecule has 0 atom stereocenters. The van der Waals surface area contributed by atoms with E-state index < -0.39 is 5.95 Å². The molecule has 0 unspecified atom stereocenters. The number of aliphatic imine (C=N–C) groups is 1. The summed E-state index contributed by atoms with van der Waals surface area (Å²) in [6.07, 6.45) is 11.9. The van der Waals surface area contributed by atoms with E-state index in [2.05, 4.69) is 32.4 Å². The lowest BCUT2D eigenvalue weighted by atomic mass is 10.00. The number of benzene rings is 1. The highest BCUT2D eigenvalue weighted by Crippen LogP contribution is 2.31. The minimum atomic E-state index is -0.747. The fourth-order valence-corrected chi connectivity index (χ4v) is 3.89. The number of aromatic nitrogens is 2. The molecular formula is C25H26FN5O. The van der Waals surface area contributed by atoms with Crippen LogP contribution in [0.5, 0.6) is 0 Å². The number of carbonyl (C=O) groups is 1. The molecule has 1 fully saturated rings. The Bertz CT molecular complexity index is 1140. The third kappa shape index (κ3) is 5.17. The fraction of sp³-hybridized carbons (Fsp3) is 0.280. The SMILES string of the molecule is CCC=NC(F)=CC(=O)N1CCC(Nc2cc(-c3cccnc3)cc3ccncc23)CC1. The van der Waals surface area contributed by atoms with E-state index in [1.807, 2.05) is 37.5 Å². The summed E-state index contributed by atoms with van der Waals surface area (Å²) >= 11 is 0. The maximum absolute atomic E-state index is 13.7. The average molecular weight is 432 g/mol. The summed E-state index contributed by atoms with van der Waals surface area (Å²) in [5.41, 5.74) is 3.15. The van der Waals surface area contributed by atoms with Crippen molar-refractivity contribution >= 4 is 28.6 Å². The number of carbonyl (C=O) groups excluding carboxylic acids is 1. The standard InChI is InChI=1S/C25H26FN5O/c1-2-8-29-24(26)15-25(32)31-11-6-21(7-12-31)30-23-14-20(19-4-3-9-27-16-19)13-18-5-10-28-17-22(18)23/h3-5,8-10,13-17,21,30H,2,6-7,11-12H2,1H3. The number of likely N-dealkylation sites (tertiary alicyclic amines) is 1. The zero-order chi connectivity index (χ0) is 22.3. The van der Waals surface area contributed by atoms with Crippen molar-refractivity contribution in [1.29, 1.82) is 0 Å². The number of hydrogen-bond acceptors (Lipinski definition) is 5. The quantitative estimate of drug-likeness (QED) is 0.339. The molecule has 32 heavy (non-hydrogen) atoms. The molecule has 1 aliphatic heterocycles. The van der Waals surface area contributed by atoms with Crippen molar-refractivity contribution in [1.82, 2.24) is 14.9 Å². The monoisotopic (exact) mass is 431 g/mol. The van der Waals surface area contributed by atoms with E-state index in [0.29, 0.717) is 19.5 Å². The minimum absolute atomic E-state index is 0.207. The summed E-state index contributed by atoms with van der Waals surface area (Å²) in [5, 5.41) is 5.81. The first-order valence-electron chi connectivity index (χ1n) is 10.9. The van der Waals surface area contributed by atoms with E-state index in [1.165, 1.54) is 6.21 Å². The van der Waals surface area contributed by atoms with Crippen molar-refractivity contribution in [2.24, 2.45) is 4.99 Å². The zero-order valence-corrected chi connectivity index (χ0v) is 18.0. The van der Waals surface area contributed by atoms with Gasteiger partial charge in [0.15, 0.2) is 0 Å². The lowest BCUT2D eigenvalue weighted by molar-refractivity contribution is -0.127. The molecule has 3 aromatic rings. The molecular weight excluding hydrogens is 405 g/mol. The first kappa shape index (κ1) is 21.6. The minimum Gasteiger partial charge on any atom is -0.382 e. The number of piperidine rings is 1. The third-order valence-electron chi connectivity index (χ3n) is 5.56. The molecule has 2 aromatic heterocycles. The van der Waals surface area contributed by atoms with Crippen molar-refractivity contribution in [2.75, 3.05) is 18.4 Å². The van der Waals surface area contributed by atoms with Crippen molar-refractivity contribution in [3.05, 3.63) is 67.1 Å². The van der Waals surface area contributed by atoms with Crippen LogP contribution in [0.1, 0.15) is 26.2 Å². The van der Waals surface area contributed by atoms with Crippen LogP contribution in [0.15, 0.2) is 72.1 Å². The van der Waals surface area contributed by atoms with Crippen LogP contribution in [0.25, 0.3) is 21.9 Å². The molecule has 0 radical (unpaired) electrons. The predicted molar refractivity (Wildman–Crippen MR) is 126 cm³/mol. The number of amides is 1. The molecule has 0 bridgehead atoms. The summed E-state index contributed by atoms with van der Waals surface area (Å²) in [5.74, 6) is -1.08. The van der Waals surface area contributed by atoms with Gasteiger partial charge in [-0.05, 0) is 54.5 Å². The van der Waals surface area contributed by atoms with Crippen molar-refractivity contribution in [2.45, 2.75) is 32.2 Å². The van der Waals surface area contributed by atoms with E-state index >= 15 is 0 Å². The average Bonchev–Trinajstić information content (AvgIpc) is 2.83. The summed E-state index contributed by atoms with van der Waals surface area (Å²) in [6.45, 7) is 2.99. The fourth-order valence-electron chi connectivity index (χ4n) is 3.89. The Kier molecular flexibility index (Phi) is 6.84. The second-order valence-corrected chi connectivity index (χ2v) is 7.79. The van der Waals surface area contributed by atoms with Crippen LogP contribution < -0.4 is 5.32 Å². The van der Waals surface area contributed by atoms with E-state index in [0.717, 1.165) is 46.5 Å². The van der Waals surface area contributed by atoms with Gasteiger partial charge < -0.3 is 10.2 Å². The lowest BCUT2D eigenvalue weighted by Crippen LogP contribution is -2.41. The van der Waals surface area contributed by atoms with Crippen molar-refractivity contribution in [3.63, 3.8) is 0 Å². The Morgan fingerprint density at radius 1 is 1.19 bits per heavy atom. The van der Waals surface area contributed by atoms with Gasteiger partial charge in [0.05, 0.1) is 6.08 Å². The predicted octanol–water partition coefficient (Wildman–Crippen LogP) is 4.99. The molecule has 1 saturated heterocycles. The van der Waals surface area contributed by atoms with Crippen molar-refractivity contribution < 1.29 is 9.18 Å². The molecule has 164 valence electrons. The smallest absolute Gasteiger partial charge is 0.251 e. The van der Waals surface area contributed by atoms with Crippen LogP contribution >= 0.6 is 0 Å². The Hall–Kier alpha value is -3.61. The van der Waals surface area contributed by atoms with Gasteiger partial charge in [0, 0.05) is 66.8 Å². The van der Waals surface area contributed by atoms with Crippen LogP contribution in [0.2, 0.25) is 0 Å². The molecule has 4 rings (SSSR count). The number of halogens is 1. The molecule has 1 N–H and O–H groups in total. The van der Waals surface area contributed by atoms with Gasteiger partial charge in [-0.1, -0.05) is 13.0 Å². The topological polar surface area (TPSA) is 70.5 Å². The second kappa shape index (κ2) is 10.1. The van der Waals surface area contributed by atoms with Gasteiger partial charge in [0.1, 0.15) is 0 Å². The maximum Gasteiger partial charge on any atom is 0.251 e. The summed E-state index contributed by atoms with van der Waals surface area (Å²) < 4.78 is 13.7. The molecule has 7 heteroatoms. The molecule has 6 nitrogen and oxygen atoms in total. The van der Waals surface area contributed by atoms with Gasteiger partial charge in [-0.2, -0.15) is 4.39 Å². The number of pyridine rings is 2. The van der Waals surface area contributed by atoms with Crippen LogP contribution in [0, 0.1) is 0 Å². The highest BCUT2D eigenvalue weighted by molar-refractivity contribution is 5.97. The lowest BCUT2D eigenvalue weighted by Gasteiger charge is -2.32. The van der Waals surface area contributed by atoms with E-state index in [4.69, 9.17) is 0 Å². The zero-order valence-electron chi connectivity index (χ0n) is 18.0. The number of fused-ring (bicyclic) bond motifs is 1. The first-order valence-corrected chi connectivity index (χ1v) is 10.9. The number of hydrogen-bond donors (Lipinski definition) is 1. The van der Waals surface area contributed by atoms with Gasteiger partial charge in [-0.25, -0.2) is 4.99 Å². The molecule has 0 spiro atoms. The first-order chi connectivity index (χ1) is 15.6. The van der Waals surface area contributed by atoms with E-state index in [-0.39, 0.29) is 11.9 Å². The number of rotatable bonds is 6. The molecule has 0 aliphatic carbocycles. The van der Waals surface area contributed by atoms with Gasteiger partial charge in [0.25, 0.3) is 5.91 Å². The molecule has 3 heterocycles. The van der Waals surface area contributed by atoms with Gasteiger partial charge in [0.2, 0.25) is 5.95 Å². The number of anilines is 1. The van der Waals surface area contributed by atoms with E-state index in [9.17, 15) is 9.18 Å². The van der Waals surface area contributed by atoms with Crippen molar-refractivity contribution in [3.8, 4) is 11.1 Å². The normalized spacial score (nSPS) is 15.4. The number of nitrogens with one attached hydrogen (secondary N) is 1. The van der Waals surface area contributed by atoms with Gasteiger partial charge in [-0.15, -0.1) is 0 Å². The van der Waals surface area contributed by atoms with Crippen LogP contribution in [0.4, 0.5) is 10.1 Å². The Morgan fingerprint density at radius 2 is 2.00 bits per heavy atom. The van der Waals surface area contributed by atoms with Crippen LogP contribution in [-0.2, 0) is 4.79 Å². The summed E-state index contributed by atoms with van der Waals surface area (Å²) in [4.78, 5) is 26.1. The van der Waals surface area contributed by atoms with Crippen LogP contribution in [0.3, 0.4) is 0 Å². The van der Waals surface area contributed by atoms with Crippen LogP contribution in [-0.4, -0.2) is 46.1 Å². The van der Waals surface area contributed by atoms with Gasteiger partial charge >= 0.3 is 0 Å². The highest BCUT2D eigenvalue weighted by atomic mass is 19.1. The molecule has 0 saturated carbocycles. The molecule has 1 amide bonds. The number of nitrogens with zero attached hydrogens (tertiary/aromatic N) is 4. The second-order valence-electron chi connectivity index (χ2n) is 7.79. The van der Waals surface area contributed by atoms with Gasteiger partial charge in [-0.3, -0.25) is 14.8 Å². The highest BCUT2D eigenvalue weighted by Gasteiger charge is 2.23. The largest absolute Gasteiger partial charge is 0.382 e.